The molecule has 21 rings (SSSR count). The molecule has 0 unspecified atom stereocenters. The van der Waals surface area contributed by atoms with Crippen LogP contribution >= 0.6 is 0 Å². The van der Waals surface area contributed by atoms with Gasteiger partial charge in [-0.05, 0) is 430 Å². The Hall–Kier alpha value is -10.9. The molecule has 0 radical (unpaired) electrons. The second-order valence-corrected chi connectivity index (χ2v) is 34.2. The van der Waals surface area contributed by atoms with E-state index in [-0.39, 0.29) is 0 Å². The van der Waals surface area contributed by atoms with E-state index in [9.17, 15) is 0 Å². The third-order valence-electron chi connectivity index (χ3n) is 25.6. The first-order chi connectivity index (χ1) is 53.7. The molecule has 0 spiro atoms. The highest BCUT2D eigenvalue weighted by atomic mass is 14.3. The Morgan fingerprint density at radius 2 is 0.491 bits per heavy atom. The van der Waals surface area contributed by atoms with Crippen molar-refractivity contribution in [2.45, 2.75) is 190 Å². The van der Waals surface area contributed by atoms with Gasteiger partial charge in [-0.15, -0.1) is 0 Å². The molecule has 0 aliphatic heterocycles. The van der Waals surface area contributed by atoms with Crippen LogP contribution in [0.25, 0.3) is 77.9 Å². The van der Waals surface area contributed by atoms with Gasteiger partial charge in [-0.1, -0.05) is 246 Å². The lowest BCUT2D eigenvalue weighted by atomic mass is 9.94. The van der Waals surface area contributed by atoms with Gasteiger partial charge in [-0.3, -0.25) is 0 Å². The van der Waals surface area contributed by atoms with Gasteiger partial charge in [0.25, 0.3) is 0 Å². The summed E-state index contributed by atoms with van der Waals surface area (Å²) in [6, 6.07) is 79.1. The van der Waals surface area contributed by atoms with Crippen molar-refractivity contribution in [3.8, 4) is 77.9 Å². The summed E-state index contributed by atoms with van der Waals surface area (Å²) in [7, 11) is 0. The number of hydrogen-bond acceptors (Lipinski definition) is 0. The van der Waals surface area contributed by atoms with E-state index >= 15 is 0 Å². The molecule has 0 N–H and O–H groups in total. The van der Waals surface area contributed by atoms with Gasteiger partial charge in [0, 0.05) is 0 Å². The van der Waals surface area contributed by atoms with Crippen LogP contribution in [0.2, 0.25) is 0 Å². The van der Waals surface area contributed by atoms with E-state index in [1.165, 1.54) is 273 Å². The highest BCUT2D eigenvalue weighted by Gasteiger charge is 2.28. The highest BCUT2D eigenvalue weighted by molar-refractivity contribution is 5.87. The van der Waals surface area contributed by atoms with E-state index in [4.69, 9.17) is 0 Å². The zero-order valence-electron chi connectivity index (χ0n) is 70.7. The Morgan fingerprint density at radius 1 is 0.143 bits per heavy atom. The maximum absolute atomic E-state index is 2.35. The molecule has 0 aromatic heterocycles. The van der Waals surface area contributed by atoms with Crippen molar-refractivity contribution in [1.82, 2.24) is 0 Å². The smallest absolute Gasteiger partial charge is 0.00106 e. The molecule has 14 aromatic rings. The average Bonchev–Trinajstić information content (AvgIpc) is 1.63. The molecule has 0 saturated carbocycles. The minimum absolute atomic E-state index is 1.10. The third-order valence-corrected chi connectivity index (χ3v) is 25.6. The van der Waals surface area contributed by atoms with Crippen molar-refractivity contribution in [2.75, 3.05) is 0 Å². The molecule has 0 atom stereocenters. The van der Waals surface area contributed by atoms with Crippen LogP contribution in [0.3, 0.4) is 0 Å². The molecule has 112 heavy (non-hydrogen) atoms. The quantitative estimate of drug-likeness (QED) is 0.142. The van der Waals surface area contributed by atoms with Crippen LogP contribution in [0.5, 0.6) is 0 Å². The Labute approximate surface area is 670 Å². The minimum Gasteiger partial charge on any atom is -0.0617 e. The number of rotatable bonds is 0. The van der Waals surface area contributed by atoms with Crippen LogP contribution in [0, 0.1) is 145 Å². The van der Waals surface area contributed by atoms with Crippen molar-refractivity contribution < 1.29 is 0 Å². The van der Waals surface area contributed by atoms with Crippen LogP contribution in [-0.4, -0.2) is 0 Å². The topological polar surface area (TPSA) is 0 Å². The Bertz CT molecular complexity index is 6120. The average molecular weight is 1460 g/mol. The lowest BCUT2D eigenvalue weighted by molar-refractivity contribution is 1.18. The molecule has 7 aliphatic carbocycles. The lowest BCUT2D eigenvalue weighted by Crippen LogP contribution is -1.89. The molecule has 0 bridgehead atoms. The standard InChI is InChI=1S/7C16H16/c1-10-4-6-14-13(8-10)9-16-12(3)11(2)5-7-15(14)16;1-10-4-5-15-13(7-10)9-14-8-11(2)6-12(3)16(14)15;1-10-4-5-15-13(6-10)9-14-7-11(2)12(3)8-16(14)15;1-10-7-12(3)14-9-13-6-4-5-11(2)16(13)15(14)8-10;1-10-7-12(3)16-14(8-10)9-13-6-4-5-11(2)15(13)16;1-10-7-8-14-9-13-6-4-5-11(2)15(13)16(14)12(10)3;1-10-7-8-12(3)16-14(10)9-13-6-4-5-11(2)15(13)16/h7*4-8H,9H2,1-3H3. The fourth-order valence-corrected chi connectivity index (χ4v) is 19.8. The monoisotopic (exact) mass is 1460 g/mol. The van der Waals surface area contributed by atoms with Crippen molar-refractivity contribution in [3.05, 3.63) is 407 Å². The maximum Gasteiger partial charge on any atom is -0.00106 e. The normalized spacial score (nSPS) is 12.4. The highest BCUT2D eigenvalue weighted by Crippen LogP contribution is 2.48. The van der Waals surface area contributed by atoms with Crippen molar-refractivity contribution in [1.29, 1.82) is 0 Å². The van der Waals surface area contributed by atoms with E-state index < -0.39 is 0 Å². The number of benzene rings is 14. The summed E-state index contributed by atoms with van der Waals surface area (Å²) in [5.41, 5.74) is 71.0. The predicted molar refractivity (Wildman–Crippen MR) is 482 cm³/mol. The first-order valence-corrected chi connectivity index (χ1v) is 41.0. The molecule has 7 aliphatic rings. The fraction of sp³-hybridized carbons (Fsp3) is 0.250. The Kier molecular flexibility index (Phi) is 21.1. The fourth-order valence-electron chi connectivity index (χ4n) is 19.8. The second-order valence-electron chi connectivity index (χ2n) is 34.2. The summed E-state index contributed by atoms with van der Waals surface area (Å²) in [5.74, 6) is 0. The Balaban J connectivity index is 0.000000103. The van der Waals surface area contributed by atoms with Gasteiger partial charge in [-0.2, -0.15) is 0 Å². The summed E-state index contributed by atoms with van der Waals surface area (Å²) in [4.78, 5) is 0. The summed E-state index contributed by atoms with van der Waals surface area (Å²) >= 11 is 0. The van der Waals surface area contributed by atoms with E-state index in [1.807, 2.05) is 0 Å². The molecular weight excluding hydrogens is 1350 g/mol. The lowest BCUT2D eigenvalue weighted by Gasteiger charge is -2.10. The first-order valence-electron chi connectivity index (χ1n) is 41.0. The summed E-state index contributed by atoms with van der Waals surface area (Å²) < 4.78 is 0. The maximum atomic E-state index is 2.35. The zero-order chi connectivity index (χ0) is 79.0. The summed E-state index contributed by atoms with van der Waals surface area (Å²) in [6.45, 7) is 46.3. The van der Waals surface area contributed by atoms with E-state index in [2.05, 4.69) is 358 Å². The van der Waals surface area contributed by atoms with Gasteiger partial charge in [0.1, 0.15) is 0 Å². The number of aryl methyl sites for hydroxylation is 19. The molecule has 0 heteroatoms. The molecule has 560 valence electrons. The SMILES string of the molecule is Cc1cc(C)c2c(c1)-c1c(C)cccc1C2.Cc1cc(C)c2c(c1)Cc1cccc(C)c1-2.Cc1ccc(C)c2c1Cc1cccc(C)c1-2.Cc1ccc2c(c1)Cc1c-2ccc(C)c1C.Cc1ccc2c(c1)Cc1cc(C)c(C)cc1-2.Cc1ccc2c(c1)Cc1cc(C)cc(C)c1-2.Cc1ccc2c(c1C)-c1c(C)cccc1C2. The van der Waals surface area contributed by atoms with Crippen LogP contribution < -0.4 is 0 Å². The first kappa shape index (κ1) is 76.4. The number of hydrogen-bond donors (Lipinski definition) is 0. The van der Waals surface area contributed by atoms with E-state index in [0.717, 1.165) is 44.9 Å². The van der Waals surface area contributed by atoms with E-state index in [1.54, 1.807) is 0 Å². The summed E-state index contributed by atoms with van der Waals surface area (Å²) in [6.07, 6.45) is 7.75. The third kappa shape index (κ3) is 14.6. The largest absolute Gasteiger partial charge is 0.0617 e. The van der Waals surface area contributed by atoms with Gasteiger partial charge in [-0.25, -0.2) is 0 Å². The predicted octanol–water partition coefficient (Wildman–Crippen LogP) is 29.3. The molecule has 0 nitrogen and oxygen atoms in total. The second kappa shape index (κ2) is 31.0. The summed E-state index contributed by atoms with van der Waals surface area (Å²) in [5, 5.41) is 0. The van der Waals surface area contributed by atoms with Gasteiger partial charge in [0.2, 0.25) is 0 Å². The molecule has 14 aromatic carbocycles. The van der Waals surface area contributed by atoms with Gasteiger partial charge in [0.15, 0.2) is 0 Å². The zero-order valence-corrected chi connectivity index (χ0v) is 70.7. The van der Waals surface area contributed by atoms with Crippen molar-refractivity contribution in [3.63, 3.8) is 0 Å². The molecule has 0 fully saturated rings. The van der Waals surface area contributed by atoms with Crippen LogP contribution in [-0.2, 0) is 44.9 Å². The molecule has 0 heterocycles. The Morgan fingerprint density at radius 3 is 1.11 bits per heavy atom. The van der Waals surface area contributed by atoms with Crippen molar-refractivity contribution in [2.24, 2.45) is 0 Å². The molecule has 0 saturated heterocycles. The van der Waals surface area contributed by atoms with Gasteiger partial charge in [0.05, 0.1) is 0 Å². The van der Waals surface area contributed by atoms with E-state index in [0.29, 0.717) is 0 Å². The number of fused-ring (bicyclic) bond motifs is 21. The van der Waals surface area contributed by atoms with Gasteiger partial charge >= 0.3 is 0 Å². The van der Waals surface area contributed by atoms with Crippen LogP contribution in [0.1, 0.15) is 195 Å². The van der Waals surface area contributed by atoms with Gasteiger partial charge < -0.3 is 0 Å². The van der Waals surface area contributed by atoms with Crippen LogP contribution in [0.15, 0.2) is 212 Å². The van der Waals surface area contributed by atoms with Crippen molar-refractivity contribution >= 4 is 0 Å². The minimum atomic E-state index is 1.10. The molecule has 0 amide bonds. The van der Waals surface area contributed by atoms with Crippen LogP contribution in [0.4, 0.5) is 0 Å². The molecular formula is C112H112.